The van der Waals surface area contributed by atoms with Crippen LogP contribution in [0, 0.1) is 28.6 Å². The summed E-state index contributed by atoms with van der Waals surface area (Å²) < 4.78 is 25.4. The first-order chi connectivity index (χ1) is 21.6. The zero-order valence-corrected chi connectivity index (χ0v) is 32.2. The summed E-state index contributed by atoms with van der Waals surface area (Å²) in [5.41, 5.74) is 3.08. The smallest absolute Gasteiger partial charge is 0.315 e. The summed E-state index contributed by atoms with van der Waals surface area (Å²) in [5, 5.41) is 8.49. The van der Waals surface area contributed by atoms with Gasteiger partial charge in [-0.25, -0.2) is 13.2 Å². The number of nitrogens with two attached hydrogens (primary N) is 1. The number of hydrogen-bond donors (Lipinski definition) is 4. The third kappa shape index (κ3) is 10.6. The number of primary amides is 1. The number of sulfone groups is 1. The fourth-order valence-corrected chi connectivity index (χ4v) is 8.09. The molecule has 1 saturated carbocycles. The molecule has 5 N–H and O–H groups in total. The largest absolute Gasteiger partial charge is 0.363 e. The van der Waals surface area contributed by atoms with E-state index in [9.17, 15) is 32.4 Å². The van der Waals surface area contributed by atoms with Crippen LogP contribution in [-0.2, 0) is 29.0 Å². The number of carbonyl (C=O) groups is 5. The van der Waals surface area contributed by atoms with Crippen molar-refractivity contribution in [2.75, 3.05) is 12.3 Å². The van der Waals surface area contributed by atoms with Crippen LogP contribution >= 0.6 is 0 Å². The predicted molar refractivity (Wildman–Crippen MR) is 187 cm³/mol. The maximum Gasteiger partial charge on any atom is 0.315 e. The molecule has 2 fully saturated rings. The van der Waals surface area contributed by atoms with Crippen LogP contribution < -0.4 is 21.7 Å². The van der Waals surface area contributed by atoms with Gasteiger partial charge in [0.2, 0.25) is 17.6 Å². The Morgan fingerprint density at radius 3 is 1.96 bits per heavy atom. The van der Waals surface area contributed by atoms with Crippen molar-refractivity contribution < 1.29 is 32.4 Å². The fourth-order valence-electron chi connectivity index (χ4n) is 6.63. The molecule has 0 spiro atoms. The van der Waals surface area contributed by atoms with E-state index in [0.29, 0.717) is 19.3 Å². The summed E-state index contributed by atoms with van der Waals surface area (Å²) in [5.74, 6) is -3.01. The van der Waals surface area contributed by atoms with Crippen LogP contribution in [0.2, 0.25) is 0 Å². The highest BCUT2D eigenvalue weighted by molar-refractivity contribution is 7.92. The lowest BCUT2D eigenvalue weighted by atomic mass is 9.71. The molecule has 2 aliphatic rings. The van der Waals surface area contributed by atoms with Crippen molar-refractivity contribution in [3.05, 3.63) is 0 Å². The van der Waals surface area contributed by atoms with Gasteiger partial charge in [-0.15, -0.1) is 0 Å². The second-order valence-electron chi connectivity index (χ2n) is 17.9. The van der Waals surface area contributed by atoms with Crippen molar-refractivity contribution in [3.63, 3.8) is 0 Å². The Hall–Kier alpha value is -2.70. The Morgan fingerprint density at radius 1 is 0.958 bits per heavy atom. The van der Waals surface area contributed by atoms with Gasteiger partial charge in [-0.2, -0.15) is 0 Å². The zero-order valence-electron chi connectivity index (χ0n) is 31.4. The minimum Gasteiger partial charge on any atom is -0.363 e. The van der Waals surface area contributed by atoms with Gasteiger partial charge in [0.1, 0.15) is 12.1 Å². The number of nitrogens with one attached hydrogen (secondary N) is 3. The highest BCUT2D eigenvalue weighted by atomic mass is 32.2. The minimum absolute atomic E-state index is 0.00471. The second kappa shape index (κ2) is 15.0. The maximum absolute atomic E-state index is 14.5. The summed E-state index contributed by atoms with van der Waals surface area (Å²) in [4.78, 5) is 68.2. The Morgan fingerprint density at radius 2 is 1.52 bits per heavy atom. The van der Waals surface area contributed by atoms with Crippen molar-refractivity contribution in [2.45, 2.75) is 150 Å². The molecule has 0 bridgehead atoms. The van der Waals surface area contributed by atoms with E-state index in [-0.39, 0.29) is 35.5 Å². The van der Waals surface area contributed by atoms with Crippen molar-refractivity contribution in [1.82, 2.24) is 20.9 Å². The van der Waals surface area contributed by atoms with Crippen LogP contribution in [0.15, 0.2) is 0 Å². The normalized spacial score (nSPS) is 22.9. The van der Waals surface area contributed by atoms with Gasteiger partial charge in [0.15, 0.2) is 9.84 Å². The first-order valence-electron chi connectivity index (χ1n) is 17.4. The molecule has 1 aliphatic carbocycles. The molecule has 13 heteroatoms. The molecule has 2 rings (SSSR count). The van der Waals surface area contributed by atoms with Gasteiger partial charge in [-0.1, -0.05) is 74.7 Å². The van der Waals surface area contributed by atoms with Crippen LogP contribution in [0.3, 0.4) is 0 Å². The number of likely N-dealkylation sites (tertiary alicyclic amines) is 1. The van der Waals surface area contributed by atoms with Gasteiger partial charge in [0.05, 0.1) is 22.1 Å². The molecule has 276 valence electrons. The summed E-state index contributed by atoms with van der Waals surface area (Å²) in [6, 6.07) is -3.81. The molecule has 5 amide bonds. The first kappa shape index (κ1) is 41.5. The van der Waals surface area contributed by atoms with Crippen molar-refractivity contribution >= 4 is 39.4 Å². The summed E-state index contributed by atoms with van der Waals surface area (Å²) >= 11 is 0. The Balaban J connectivity index is 2.42. The topological polar surface area (TPSA) is 185 Å². The Kier molecular flexibility index (Phi) is 13.0. The number of urea groups is 1. The highest BCUT2D eigenvalue weighted by Crippen LogP contribution is 2.40. The monoisotopic (exact) mass is 697 g/mol. The van der Waals surface area contributed by atoms with Crippen LogP contribution in [0.25, 0.3) is 0 Å². The number of nitrogens with zero attached hydrogens (tertiary/aromatic N) is 1. The SMILES string of the molecule is CC(C)C[C@@](C)(CS(=O)(=O)C(C)(C)C)NC(=O)N[C@H](C(=O)N1CC(C)C(C)(C)C[C@H]1C(=O)NC(CC1CCC1)C(=O)C(N)=O)C(C)(C)C. The van der Waals surface area contributed by atoms with E-state index in [4.69, 9.17) is 5.73 Å². The predicted octanol–water partition coefficient (Wildman–Crippen LogP) is 3.71. The third-order valence-corrected chi connectivity index (χ3v) is 13.1. The van der Waals surface area contributed by atoms with Crippen LogP contribution in [0.1, 0.15) is 122 Å². The number of amides is 5. The number of ketones is 1. The molecule has 0 aromatic heterocycles. The number of carbonyl (C=O) groups excluding carboxylic acids is 5. The van der Waals surface area contributed by atoms with Crippen LogP contribution in [0.4, 0.5) is 4.79 Å². The van der Waals surface area contributed by atoms with E-state index in [0.717, 1.165) is 19.3 Å². The van der Waals surface area contributed by atoms with E-state index < -0.39 is 73.2 Å². The molecular formula is C35H63N5O7S. The van der Waals surface area contributed by atoms with Crippen LogP contribution in [0.5, 0.6) is 0 Å². The van der Waals surface area contributed by atoms with Crippen molar-refractivity contribution in [1.29, 1.82) is 0 Å². The lowest BCUT2D eigenvalue weighted by Crippen LogP contribution is -2.66. The van der Waals surface area contributed by atoms with E-state index in [1.807, 2.05) is 34.6 Å². The van der Waals surface area contributed by atoms with Crippen molar-refractivity contribution in [2.24, 2.45) is 34.3 Å². The van der Waals surface area contributed by atoms with E-state index >= 15 is 0 Å². The molecule has 2 unspecified atom stereocenters. The molecule has 1 saturated heterocycles. The van der Waals surface area contributed by atoms with Gasteiger partial charge in [0, 0.05) is 6.54 Å². The highest BCUT2D eigenvalue weighted by Gasteiger charge is 2.48. The molecule has 1 aliphatic heterocycles. The summed E-state index contributed by atoms with van der Waals surface area (Å²) in [6.07, 6.45) is 3.81. The third-order valence-electron chi connectivity index (χ3n) is 10.3. The Labute approximate surface area is 288 Å². The maximum atomic E-state index is 14.5. The summed E-state index contributed by atoms with van der Waals surface area (Å²) in [7, 11) is -3.61. The lowest BCUT2D eigenvalue weighted by molar-refractivity contribution is -0.151. The van der Waals surface area contributed by atoms with Gasteiger partial charge in [-0.05, 0) is 75.5 Å². The molecule has 0 aromatic carbocycles. The molecule has 0 aromatic rings. The van der Waals surface area contributed by atoms with Gasteiger partial charge < -0.3 is 26.6 Å². The average molecular weight is 698 g/mol. The first-order valence-corrected chi connectivity index (χ1v) is 19.0. The van der Waals surface area contributed by atoms with Crippen LogP contribution in [-0.4, -0.2) is 83.6 Å². The Bertz CT molecular complexity index is 1330. The number of Topliss-reactive ketones (excluding diaryl/α,β-unsaturated/α-hetero) is 1. The lowest BCUT2D eigenvalue weighted by Gasteiger charge is -2.49. The van der Waals surface area contributed by atoms with Gasteiger partial charge in [0.25, 0.3) is 5.91 Å². The number of rotatable bonds is 13. The van der Waals surface area contributed by atoms with Gasteiger partial charge in [-0.3, -0.25) is 19.2 Å². The molecule has 1 heterocycles. The molecule has 48 heavy (non-hydrogen) atoms. The van der Waals surface area contributed by atoms with E-state index in [1.165, 1.54) is 4.90 Å². The van der Waals surface area contributed by atoms with E-state index in [1.54, 1.807) is 48.5 Å². The zero-order chi connectivity index (χ0) is 37.2. The summed E-state index contributed by atoms with van der Waals surface area (Å²) in [6.45, 7) is 22.2. The molecular weight excluding hydrogens is 634 g/mol. The number of hydrogen-bond acceptors (Lipinski definition) is 7. The molecule has 0 radical (unpaired) electrons. The molecule has 12 nitrogen and oxygen atoms in total. The molecule has 5 atom stereocenters. The standard InChI is InChI=1S/C35H63N5O7S/c1-21(2)17-35(12,20-48(46,47)33(7,8)9)39-31(45)38-27(32(4,5)6)30(44)40-19-22(3)34(10,11)18-25(40)29(43)37-24(26(41)28(36)42)16-23-14-13-15-23/h21-25,27H,13-20H2,1-12H3,(H2,36,42)(H,37,43)(H2,38,39,45)/t22?,24?,25-,27+,35-/m0/s1. The van der Waals surface area contributed by atoms with E-state index in [2.05, 4.69) is 16.0 Å². The van der Waals surface area contributed by atoms with Gasteiger partial charge >= 0.3 is 6.03 Å². The van der Waals surface area contributed by atoms with Crippen molar-refractivity contribution in [3.8, 4) is 0 Å². The minimum atomic E-state index is -3.61. The quantitative estimate of drug-likeness (QED) is 0.211. The number of piperidine rings is 1. The second-order valence-corrected chi connectivity index (χ2v) is 20.6. The average Bonchev–Trinajstić information content (AvgIpc) is 2.86. The fraction of sp³-hybridized carbons (Fsp3) is 0.857.